The molecule has 5 heteroatoms. The molecule has 2 heterocycles. The van der Waals surface area contributed by atoms with E-state index in [4.69, 9.17) is 4.74 Å². The third kappa shape index (κ3) is 4.15. The molecule has 4 aromatic rings. The molecule has 0 radical (unpaired) electrons. The Morgan fingerprint density at radius 3 is 2.74 bits per heavy atom. The van der Waals surface area contributed by atoms with Gasteiger partial charge in [0.05, 0.1) is 17.7 Å². The predicted molar refractivity (Wildman–Crippen MR) is 108 cm³/mol. The van der Waals surface area contributed by atoms with Crippen LogP contribution in [-0.4, -0.2) is 11.0 Å². The maximum atomic E-state index is 12.3. The lowest BCUT2D eigenvalue weighted by Gasteiger charge is -2.09. The first-order valence-corrected chi connectivity index (χ1v) is 9.82. The zero-order chi connectivity index (χ0) is 18.5. The summed E-state index contributed by atoms with van der Waals surface area (Å²) in [5.74, 6) is 0. The van der Waals surface area contributed by atoms with E-state index in [1.165, 1.54) is 22.7 Å². The second-order valence-corrected chi connectivity index (χ2v) is 7.09. The van der Waals surface area contributed by atoms with E-state index >= 15 is 0 Å². The molecule has 0 saturated carbocycles. The molecular weight excluding hydrogens is 356 g/mol. The Morgan fingerprint density at radius 1 is 1.04 bits per heavy atom. The van der Waals surface area contributed by atoms with Gasteiger partial charge in [-0.15, -0.1) is 0 Å². The Morgan fingerprint density at radius 2 is 1.93 bits per heavy atom. The van der Waals surface area contributed by atoms with Crippen molar-refractivity contribution in [2.24, 2.45) is 0 Å². The molecular formula is C22H20N2O2S. The monoisotopic (exact) mass is 376 g/mol. The topological polar surface area (TPSA) is 49.1 Å². The molecule has 0 bridgehead atoms. The van der Waals surface area contributed by atoms with Gasteiger partial charge in [-0.2, -0.15) is 9.10 Å². The summed E-state index contributed by atoms with van der Waals surface area (Å²) in [7, 11) is 0. The molecule has 0 saturated heterocycles. The van der Waals surface area contributed by atoms with E-state index in [-0.39, 0.29) is 0 Å². The number of benzene rings is 2. The molecule has 2 aromatic carbocycles. The minimum Gasteiger partial charge on any atom is -0.618 e. The van der Waals surface area contributed by atoms with E-state index in [9.17, 15) is 5.21 Å². The molecule has 0 aliphatic heterocycles. The number of nitrogens with zero attached hydrogens (tertiary/aromatic N) is 2. The first kappa shape index (κ1) is 17.6. The third-order valence-corrected chi connectivity index (χ3v) is 5.13. The van der Waals surface area contributed by atoms with Crippen molar-refractivity contribution in [3.05, 3.63) is 88.6 Å². The van der Waals surface area contributed by atoms with Crippen LogP contribution < -0.4 is 4.73 Å². The fourth-order valence-corrected chi connectivity index (χ4v) is 3.71. The standard InChI is InChI=1S/C22H20N2O2S/c25-24-12-10-18(7-4-13-26-16-17-5-2-1-3-6-17)20-9-8-19(15-22(20)24)21-11-14-27-23-21/h1-3,5-6,8-12,14-15H,4,7,13,16H2. The van der Waals surface area contributed by atoms with E-state index in [1.807, 2.05) is 53.9 Å². The number of pyridine rings is 1. The van der Waals surface area contributed by atoms with Crippen LogP contribution >= 0.6 is 11.5 Å². The van der Waals surface area contributed by atoms with Crippen LogP contribution in [0.5, 0.6) is 0 Å². The van der Waals surface area contributed by atoms with Crippen molar-refractivity contribution in [3.8, 4) is 11.3 Å². The second-order valence-electron chi connectivity index (χ2n) is 6.43. The van der Waals surface area contributed by atoms with Crippen molar-refractivity contribution in [2.45, 2.75) is 19.4 Å². The number of ether oxygens (including phenoxy) is 1. The van der Waals surface area contributed by atoms with E-state index < -0.39 is 0 Å². The Balaban J connectivity index is 1.43. The van der Waals surface area contributed by atoms with Gasteiger partial charge in [0, 0.05) is 29.7 Å². The van der Waals surface area contributed by atoms with Crippen LogP contribution in [0.4, 0.5) is 0 Å². The van der Waals surface area contributed by atoms with Crippen molar-refractivity contribution >= 4 is 22.4 Å². The van der Waals surface area contributed by atoms with Gasteiger partial charge < -0.3 is 9.94 Å². The molecule has 0 spiro atoms. The van der Waals surface area contributed by atoms with E-state index in [0.717, 1.165) is 34.2 Å². The fourth-order valence-electron chi connectivity index (χ4n) is 3.18. The number of rotatable bonds is 7. The lowest BCUT2D eigenvalue weighted by Crippen LogP contribution is -2.26. The molecule has 27 heavy (non-hydrogen) atoms. The summed E-state index contributed by atoms with van der Waals surface area (Å²) in [4.78, 5) is 0. The van der Waals surface area contributed by atoms with Crippen molar-refractivity contribution in [2.75, 3.05) is 6.61 Å². The van der Waals surface area contributed by atoms with Crippen molar-refractivity contribution in [1.82, 2.24) is 4.37 Å². The molecule has 136 valence electrons. The highest BCUT2D eigenvalue weighted by Crippen LogP contribution is 2.24. The average molecular weight is 376 g/mol. The quantitative estimate of drug-likeness (QED) is 0.266. The van der Waals surface area contributed by atoms with Crippen LogP contribution in [0.1, 0.15) is 17.5 Å². The number of hydrogen-bond acceptors (Lipinski definition) is 4. The zero-order valence-corrected chi connectivity index (χ0v) is 15.7. The molecule has 0 unspecified atom stereocenters. The Labute approximate surface area is 162 Å². The van der Waals surface area contributed by atoms with Gasteiger partial charge in [0.25, 0.3) is 0 Å². The number of aryl methyl sites for hydroxylation is 1. The molecule has 4 nitrogen and oxygen atoms in total. The van der Waals surface area contributed by atoms with Gasteiger partial charge in [0.15, 0.2) is 6.20 Å². The largest absolute Gasteiger partial charge is 0.618 e. The summed E-state index contributed by atoms with van der Waals surface area (Å²) in [6.07, 6.45) is 3.38. The van der Waals surface area contributed by atoms with Gasteiger partial charge in [-0.1, -0.05) is 36.4 Å². The summed E-state index contributed by atoms with van der Waals surface area (Å²) in [6, 6.07) is 20.0. The Bertz CT molecular complexity index is 1020. The smallest absolute Gasteiger partial charge is 0.224 e. The average Bonchev–Trinajstić information content (AvgIpc) is 3.25. The fraction of sp³-hybridized carbons (Fsp3) is 0.182. The highest BCUT2D eigenvalue weighted by Gasteiger charge is 2.11. The van der Waals surface area contributed by atoms with Crippen LogP contribution in [0.15, 0.2) is 72.2 Å². The highest BCUT2D eigenvalue weighted by molar-refractivity contribution is 7.03. The normalized spacial score (nSPS) is 11.1. The maximum absolute atomic E-state index is 12.3. The molecule has 0 fully saturated rings. The van der Waals surface area contributed by atoms with Gasteiger partial charge in [-0.3, -0.25) is 0 Å². The summed E-state index contributed by atoms with van der Waals surface area (Å²) in [6.45, 7) is 1.33. The zero-order valence-electron chi connectivity index (χ0n) is 14.9. The molecule has 0 N–H and O–H groups in total. The van der Waals surface area contributed by atoms with Crippen molar-refractivity contribution in [3.63, 3.8) is 0 Å². The lowest BCUT2D eigenvalue weighted by molar-refractivity contribution is -0.577. The second kappa shape index (κ2) is 8.29. The Kier molecular flexibility index (Phi) is 5.42. The van der Waals surface area contributed by atoms with Gasteiger partial charge >= 0.3 is 0 Å². The van der Waals surface area contributed by atoms with E-state index in [2.05, 4.69) is 16.5 Å². The van der Waals surface area contributed by atoms with Crippen molar-refractivity contribution in [1.29, 1.82) is 0 Å². The summed E-state index contributed by atoms with van der Waals surface area (Å²) in [5, 5.41) is 15.2. The number of fused-ring (bicyclic) bond motifs is 1. The summed E-state index contributed by atoms with van der Waals surface area (Å²) >= 11 is 1.41. The molecule has 0 amide bonds. The maximum Gasteiger partial charge on any atom is 0.224 e. The lowest BCUT2D eigenvalue weighted by atomic mass is 10.0. The minimum atomic E-state index is 0.633. The predicted octanol–water partition coefficient (Wildman–Crippen LogP) is 4.75. The van der Waals surface area contributed by atoms with Crippen LogP contribution in [0.2, 0.25) is 0 Å². The van der Waals surface area contributed by atoms with Crippen LogP contribution in [0, 0.1) is 5.21 Å². The first-order chi connectivity index (χ1) is 13.3. The molecule has 4 rings (SSSR count). The van der Waals surface area contributed by atoms with Gasteiger partial charge in [-0.25, -0.2) is 0 Å². The molecule has 0 aliphatic carbocycles. The van der Waals surface area contributed by atoms with E-state index in [1.54, 1.807) is 6.20 Å². The van der Waals surface area contributed by atoms with Crippen LogP contribution in [0.25, 0.3) is 22.2 Å². The van der Waals surface area contributed by atoms with Crippen LogP contribution in [0.3, 0.4) is 0 Å². The molecule has 0 aliphatic rings. The summed E-state index contributed by atoms with van der Waals surface area (Å²) in [5.41, 5.74) is 4.91. The number of aromatic nitrogens is 2. The number of hydrogen-bond donors (Lipinski definition) is 0. The van der Waals surface area contributed by atoms with Gasteiger partial charge in [0.2, 0.25) is 5.52 Å². The highest BCUT2D eigenvalue weighted by atomic mass is 32.1. The molecule has 0 atom stereocenters. The molecule has 2 aromatic heterocycles. The minimum absolute atomic E-state index is 0.633. The van der Waals surface area contributed by atoms with Crippen molar-refractivity contribution < 1.29 is 9.47 Å². The first-order valence-electron chi connectivity index (χ1n) is 8.98. The van der Waals surface area contributed by atoms with Gasteiger partial charge in [-0.05, 0) is 47.6 Å². The SMILES string of the molecule is [O-][n+]1ccc(CCCOCc2ccccc2)c2ccc(-c3ccsn3)cc21. The Hall–Kier alpha value is -2.76. The van der Waals surface area contributed by atoms with Gasteiger partial charge in [0.1, 0.15) is 0 Å². The summed E-state index contributed by atoms with van der Waals surface area (Å²) < 4.78 is 11.1. The van der Waals surface area contributed by atoms with Crippen LogP contribution in [-0.2, 0) is 17.8 Å². The van der Waals surface area contributed by atoms with E-state index in [0.29, 0.717) is 18.7 Å². The third-order valence-electron chi connectivity index (χ3n) is 4.57.